The van der Waals surface area contributed by atoms with Crippen molar-refractivity contribution in [2.45, 2.75) is 0 Å². The van der Waals surface area contributed by atoms with Crippen molar-refractivity contribution in [2.75, 3.05) is 0 Å². The summed E-state index contributed by atoms with van der Waals surface area (Å²) in [4.78, 5) is 19.9. The Kier molecular flexibility index (Phi) is 1.88. The van der Waals surface area contributed by atoms with Crippen LogP contribution in [0.3, 0.4) is 0 Å². The lowest BCUT2D eigenvalue weighted by Crippen LogP contribution is -2.02. The van der Waals surface area contributed by atoms with Gasteiger partial charge in [-0.2, -0.15) is 0 Å². The van der Waals surface area contributed by atoms with Crippen LogP contribution in [0.2, 0.25) is 0 Å². The van der Waals surface area contributed by atoms with E-state index in [-0.39, 0.29) is 0 Å². The number of hydrogen-bond donors (Lipinski definition) is 1. The van der Waals surface area contributed by atoms with Gasteiger partial charge in [-0.05, 0) is 0 Å². The molecule has 0 aliphatic carbocycles. The molecule has 2 aromatic heterocycles. The Morgan fingerprint density at radius 2 is 2.38 bits per heavy atom. The number of nitrogens with zero attached hydrogens (tertiary/aromatic N) is 4. The second kappa shape index (κ2) is 3.04. The quantitative estimate of drug-likeness (QED) is 0.679. The van der Waals surface area contributed by atoms with Gasteiger partial charge in [0, 0.05) is 4.57 Å². The lowest BCUT2D eigenvalue weighted by Gasteiger charge is -1.89. The summed E-state index contributed by atoms with van der Waals surface area (Å²) in [7, 11) is -2.71. The van der Waals surface area contributed by atoms with Crippen molar-refractivity contribution in [2.24, 2.45) is 0 Å². The van der Waals surface area contributed by atoms with Crippen LogP contribution in [0.5, 0.6) is 0 Å². The minimum absolute atomic E-state index is 0.354. The molecule has 1 unspecified atom stereocenters. The molecular weight excluding hydrogens is 195 g/mol. The standard InChI is InChI=1S/C5H3N4O3P/c10-13(11)12-9-3-8-4-1-6-2-7-5(4)9/h1-3H/p+1. The molecule has 13 heavy (non-hydrogen) atoms. The van der Waals surface area contributed by atoms with Gasteiger partial charge in [0.1, 0.15) is 18.2 Å². The molecule has 0 bridgehead atoms. The zero-order chi connectivity index (χ0) is 9.26. The maximum absolute atomic E-state index is 10.3. The molecule has 7 nitrogen and oxygen atoms in total. The highest BCUT2D eigenvalue weighted by Crippen LogP contribution is 2.13. The summed E-state index contributed by atoms with van der Waals surface area (Å²) in [6, 6.07) is 0. The van der Waals surface area contributed by atoms with Crippen LogP contribution in [-0.2, 0) is 4.57 Å². The smallest absolute Gasteiger partial charge is 0.242 e. The highest BCUT2D eigenvalue weighted by molar-refractivity contribution is 7.32. The Hall–Kier alpha value is -1.59. The first-order valence-corrected chi connectivity index (χ1v) is 4.38. The molecule has 2 aromatic rings. The lowest BCUT2D eigenvalue weighted by atomic mass is 10.6. The van der Waals surface area contributed by atoms with Gasteiger partial charge in [0.15, 0.2) is 0 Å². The lowest BCUT2D eigenvalue weighted by molar-refractivity contribution is 0.258. The average Bonchev–Trinajstić information content (AvgIpc) is 2.48. The van der Waals surface area contributed by atoms with Crippen molar-refractivity contribution in [1.82, 2.24) is 19.7 Å². The maximum atomic E-state index is 10.3. The number of rotatable bonds is 2. The first kappa shape index (κ1) is 8.03. The Bertz CT molecular complexity index is 456. The van der Waals surface area contributed by atoms with Gasteiger partial charge in [-0.25, -0.2) is 15.0 Å². The minimum Gasteiger partial charge on any atom is -0.242 e. The van der Waals surface area contributed by atoms with E-state index in [4.69, 9.17) is 4.89 Å². The number of aromatic nitrogens is 4. The van der Waals surface area contributed by atoms with Crippen molar-refractivity contribution < 1.29 is 14.1 Å². The van der Waals surface area contributed by atoms with E-state index in [9.17, 15) is 4.57 Å². The molecular formula is C5H4N4O3P+. The fourth-order valence-electron chi connectivity index (χ4n) is 0.881. The topological polar surface area (TPSA) is 90.1 Å². The molecule has 2 heterocycles. The number of imidazole rings is 1. The van der Waals surface area contributed by atoms with E-state index in [1.54, 1.807) is 0 Å². The van der Waals surface area contributed by atoms with Gasteiger partial charge in [0.05, 0.1) is 6.20 Å². The average molecular weight is 199 g/mol. The van der Waals surface area contributed by atoms with Crippen molar-refractivity contribution in [3.05, 3.63) is 18.9 Å². The monoisotopic (exact) mass is 199 g/mol. The molecule has 66 valence electrons. The predicted octanol–water partition coefficient (Wildman–Crippen LogP) is -0.0954. The minimum atomic E-state index is -2.71. The number of fused-ring (bicyclic) bond motifs is 1. The second-order valence-corrected chi connectivity index (χ2v) is 2.76. The Balaban J connectivity index is 2.51. The van der Waals surface area contributed by atoms with Crippen LogP contribution in [0.4, 0.5) is 0 Å². The normalized spacial score (nSPS) is 11.6. The van der Waals surface area contributed by atoms with Gasteiger partial charge in [-0.15, -0.1) is 9.52 Å². The van der Waals surface area contributed by atoms with E-state index in [1.165, 1.54) is 18.9 Å². The maximum Gasteiger partial charge on any atom is 0.768 e. The number of hydrogen-bond acceptors (Lipinski definition) is 5. The summed E-state index contributed by atoms with van der Waals surface area (Å²) in [6.07, 6.45) is 4.03. The molecule has 0 saturated heterocycles. The van der Waals surface area contributed by atoms with Crippen molar-refractivity contribution in [1.29, 1.82) is 0 Å². The van der Waals surface area contributed by atoms with Gasteiger partial charge in [-0.3, -0.25) is 0 Å². The van der Waals surface area contributed by atoms with Crippen LogP contribution in [0, 0.1) is 0 Å². The molecule has 1 atom stereocenters. The van der Waals surface area contributed by atoms with Gasteiger partial charge in [-0.1, -0.05) is 4.73 Å². The third kappa shape index (κ3) is 1.47. The zero-order valence-electron chi connectivity index (χ0n) is 6.23. The largest absolute Gasteiger partial charge is 0.768 e. The van der Waals surface area contributed by atoms with Crippen LogP contribution in [0.1, 0.15) is 0 Å². The van der Waals surface area contributed by atoms with Crippen molar-refractivity contribution in [3.8, 4) is 0 Å². The summed E-state index contributed by atoms with van der Waals surface area (Å²) in [6.45, 7) is 0. The summed E-state index contributed by atoms with van der Waals surface area (Å²) in [5.74, 6) is 0. The highest BCUT2D eigenvalue weighted by atomic mass is 31.1. The molecule has 0 spiro atoms. The van der Waals surface area contributed by atoms with E-state index in [0.29, 0.717) is 11.2 Å². The zero-order valence-corrected chi connectivity index (χ0v) is 7.13. The van der Waals surface area contributed by atoms with Crippen LogP contribution < -0.4 is 4.62 Å². The van der Waals surface area contributed by atoms with E-state index >= 15 is 0 Å². The summed E-state index contributed by atoms with van der Waals surface area (Å²) in [5.41, 5.74) is 0.853. The van der Waals surface area contributed by atoms with Gasteiger partial charge >= 0.3 is 8.25 Å². The van der Waals surface area contributed by atoms with Gasteiger partial charge in [0.2, 0.25) is 5.65 Å². The molecule has 0 amide bonds. The first-order valence-electron chi connectivity index (χ1n) is 3.25. The van der Waals surface area contributed by atoms with Gasteiger partial charge in [0.25, 0.3) is 0 Å². The highest BCUT2D eigenvalue weighted by Gasteiger charge is 2.17. The summed E-state index contributed by atoms with van der Waals surface area (Å²) in [5, 5.41) is 0. The predicted molar refractivity (Wildman–Crippen MR) is 41.7 cm³/mol. The molecule has 8 heteroatoms. The first-order chi connectivity index (χ1) is 6.27. The van der Waals surface area contributed by atoms with Crippen LogP contribution in [-0.4, -0.2) is 24.6 Å². The second-order valence-electron chi connectivity index (χ2n) is 2.12. The Morgan fingerprint density at radius 1 is 1.54 bits per heavy atom. The molecule has 0 fully saturated rings. The molecule has 0 aliphatic heterocycles. The van der Waals surface area contributed by atoms with E-state index < -0.39 is 8.25 Å². The molecule has 2 rings (SSSR count). The Labute approximate surface area is 72.9 Å². The molecule has 0 radical (unpaired) electrons. The third-order valence-corrected chi connectivity index (χ3v) is 1.66. The van der Waals surface area contributed by atoms with Crippen LogP contribution >= 0.6 is 8.25 Å². The molecule has 0 aliphatic rings. The summed E-state index contributed by atoms with van der Waals surface area (Å²) < 4.78 is 15.9. The van der Waals surface area contributed by atoms with Crippen molar-refractivity contribution in [3.63, 3.8) is 0 Å². The van der Waals surface area contributed by atoms with Crippen LogP contribution in [0.15, 0.2) is 18.9 Å². The van der Waals surface area contributed by atoms with E-state index in [2.05, 4.69) is 19.6 Å². The van der Waals surface area contributed by atoms with Crippen molar-refractivity contribution >= 4 is 19.4 Å². The van der Waals surface area contributed by atoms with E-state index in [1.807, 2.05) is 0 Å². The fourth-order valence-corrected chi connectivity index (χ4v) is 1.15. The molecule has 0 saturated carbocycles. The fraction of sp³-hybridized carbons (Fsp3) is 0. The Morgan fingerprint density at radius 3 is 3.15 bits per heavy atom. The van der Waals surface area contributed by atoms with E-state index in [0.717, 1.165) is 4.73 Å². The van der Waals surface area contributed by atoms with Crippen LogP contribution in [0.25, 0.3) is 11.2 Å². The SMILES string of the molecule is O=[P+](O)On1cnc2cncnc21. The third-order valence-electron chi connectivity index (χ3n) is 1.34. The molecule has 1 N–H and O–H groups in total. The molecule has 0 aromatic carbocycles. The summed E-state index contributed by atoms with van der Waals surface area (Å²) >= 11 is 0. The van der Waals surface area contributed by atoms with Gasteiger partial charge < -0.3 is 0 Å².